The molecule has 0 bridgehead atoms. The van der Waals surface area contributed by atoms with Crippen LogP contribution in [0.4, 0.5) is 0 Å². The van der Waals surface area contributed by atoms with Gasteiger partial charge in [0.15, 0.2) is 5.75 Å². The number of methoxy groups -OCH3 is 1. The highest BCUT2D eigenvalue weighted by Gasteiger charge is 2.20. The lowest BCUT2D eigenvalue weighted by Crippen LogP contribution is -2.22. The van der Waals surface area contributed by atoms with Crippen molar-refractivity contribution in [3.63, 3.8) is 0 Å². The second-order valence-electron chi connectivity index (χ2n) is 3.87. The third-order valence-corrected chi connectivity index (χ3v) is 4.89. The minimum absolute atomic E-state index is 0.132. The summed E-state index contributed by atoms with van der Waals surface area (Å²) < 4.78 is 6.10. The Hall–Kier alpha value is -1.40. The summed E-state index contributed by atoms with van der Waals surface area (Å²) in [6.07, 6.45) is 3.40. The van der Waals surface area contributed by atoms with Crippen LogP contribution in [-0.2, 0) is 6.54 Å². The van der Waals surface area contributed by atoms with Crippen molar-refractivity contribution >= 4 is 33.2 Å². The Morgan fingerprint density at radius 2 is 2.16 bits per heavy atom. The Kier molecular flexibility index (Phi) is 4.55. The van der Waals surface area contributed by atoms with Crippen molar-refractivity contribution in [3.8, 4) is 5.75 Å². The van der Waals surface area contributed by atoms with Gasteiger partial charge in [-0.3, -0.25) is 9.78 Å². The van der Waals surface area contributed by atoms with E-state index in [9.17, 15) is 4.79 Å². The smallest absolute Gasteiger partial charge is 0.265 e. The number of aryl methyl sites for hydroxylation is 1. The fourth-order valence-corrected chi connectivity index (χ4v) is 3.26. The lowest BCUT2D eigenvalue weighted by molar-refractivity contribution is 0.0952. The molecule has 0 atom stereocenters. The van der Waals surface area contributed by atoms with Crippen LogP contribution in [0.1, 0.15) is 20.1 Å². The molecule has 0 aliphatic heterocycles. The number of pyridine rings is 1. The number of amides is 1. The highest BCUT2D eigenvalue weighted by atomic mass is 79.9. The maximum absolute atomic E-state index is 12.1. The fraction of sp³-hybridized carbons (Fsp3) is 0.231. The Morgan fingerprint density at radius 1 is 1.47 bits per heavy atom. The number of hydrogen-bond acceptors (Lipinski definition) is 4. The molecule has 0 saturated heterocycles. The van der Waals surface area contributed by atoms with E-state index in [0.29, 0.717) is 17.2 Å². The molecule has 1 amide bonds. The van der Waals surface area contributed by atoms with E-state index in [0.717, 1.165) is 14.9 Å². The molecule has 2 aromatic heterocycles. The molecule has 2 aromatic rings. The summed E-state index contributed by atoms with van der Waals surface area (Å²) in [6, 6.07) is 3.74. The number of ether oxygens (including phenoxy) is 1. The van der Waals surface area contributed by atoms with E-state index < -0.39 is 0 Å². The van der Waals surface area contributed by atoms with E-state index in [-0.39, 0.29) is 5.91 Å². The van der Waals surface area contributed by atoms with Crippen molar-refractivity contribution in [2.75, 3.05) is 7.11 Å². The summed E-state index contributed by atoms with van der Waals surface area (Å²) in [7, 11) is 1.56. The first-order valence-corrected chi connectivity index (χ1v) is 7.24. The van der Waals surface area contributed by atoms with E-state index in [4.69, 9.17) is 4.74 Å². The van der Waals surface area contributed by atoms with Gasteiger partial charge in [0.1, 0.15) is 4.88 Å². The molecule has 2 rings (SSSR count). The monoisotopic (exact) mass is 340 g/mol. The lowest BCUT2D eigenvalue weighted by Gasteiger charge is -2.05. The van der Waals surface area contributed by atoms with Gasteiger partial charge in [-0.2, -0.15) is 0 Å². The van der Waals surface area contributed by atoms with Gasteiger partial charge in [-0.05, 0) is 40.5 Å². The molecule has 0 aliphatic rings. The van der Waals surface area contributed by atoms with Crippen molar-refractivity contribution in [2.24, 2.45) is 0 Å². The predicted octanol–water partition coefficient (Wildman–Crippen LogP) is 3.15. The molecule has 1 N–H and O–H groups in total. The number of rotatable bonds is 4. The predicted molar refractivity (Wildman–Crippen MR) is 78.7 cm³/mol. The van der Waals surface area contributed by atoms with Crippen LogP contribution in [0.5, 0.6) is 5.75 Å². The van der Waals surface area contributed by atoms with Gasteiger partial charge in [-0.1, -0.05) is 0 Å². The SMILES string of the molecule is COc1c(C(=O)NCc2ccncc2)sc(C)c1Br. The zero-order valence-electron chi connectivity index (χ0n) is 10.6. The first-order valence-electron chi connectivity index (χ1n) is 5.63. The zero-order valence-corrected chi connectivity index (χ0v) is 13.0. The van der Waals surface area contributed by atoms with Crippen LogP contribution in [0, 0.1) is 6.92 Å². The molecular formula is C13H13BrN2O2S. The minimum Gasteiger partial charge on any atom is -0.494 e. The number of nitrogens with zero attached hydrogens (tertiary/aromatic N) is 1. The molecular weight excluding hydrogens is 328 g/mol. The molecule has 0 radical (unpaired) electrons. The third-order valence-electron chi connectivity index (χ3n) is 2.58. The average molecular weight is 341 g/mol. The number of thiophene rings is 1. The van der Waals surface area contributed by atoms with Gasteiger partial charge < -0.3 is 10.1 Å². The van der Waals surface area contributed by atoms with Crippen molar-refractivity contribution in [1.29, 1.82) is 0 Å². The summed E-state index contributed by atoms with van der Waals surface area (Å²) in [5, 5.41) is 2.87. The molecule has 100 valence electrons. The van der Waals surface area contributed by atoms with Crippen LogP contribution < -0.4 is 10.1 Å². The topological polar surface area (TPSA) is 51.2 Å². The van der Waals surface area contributed by atoms with Gasteiger partial charge in [0.05, 0.1) is 11.6 Å². The van der Waals surface area contributed by atoms with Crippen molar-refractivity contribution in [2.45, 2.75) is 13.5 Å². The molecule has 19 heavy (non-hydrogen) atoms. The quantitative estimate of drug-likeness (QED) is 0.929. The standard InChI is InChI=1S/C13H13BrN2O2S/c1-8-10(14)11(18-2)12(19-8)13(17)16-7-9-3-5-15-6-4-9/h3-6H,7H2,1-2H3,(H,16,17). The molecule has 0 unspecified atom stereocenters. The van der Waals surface area contributed by atoms with Gasteiger partial charge in [-0.15, -0.1) is 11.3 Å². The van der Waals surface area contributed by atoms with Gasteiger partial charge in [-0.25, -0.2) is 0 Å². The fourth-order valence-electron chi connectivity index (χ4n) is 1.60. The number of carbonyl (C=O) groups is 1. The summed E-state index contributed by atoms with van der Waals surface area (Å²) in [5.74, 6) is 0.460. The minimum atomic E-state index is -0.132. The van der Waals surface area contributed by atoms with Gasteiger partial charge in [0.2, 0.25) is 0 Å². The van der Waals surface area contributed by atoms with Crippen molar-refractivity contribution in [1.82, 2.24) is 10.3 Å². The molecule has 0 aliphatic carbocycles. The van der Waals surface area contributed by atoms with Gasteiger partial charge in [0, 0.05) is 23.8 Å². The van der Waals surface area contributed by atoms with Crippen LogP contribution >= 0.6 is 27.3 Å². The number of nitrogens with one attached hydrogen (secondary N) is 1. The number of aromatic nitrogens is 1. The summed E-state index contributed by atoms with van der Waals surface area (Å²) >= 11 is 4.84. The first-order chi connectivity index (χ1) is 9.13. The zero-order chi connectivity index (χ0) is 13.8. The van der Waals surface area contributed by atoms with E-state index in [1.807, 2.05) is 19.1 Å². The lowest BCUT2D eigenvalue weighted by atomic mass is 10.2. The summed E-state index contributed by atoms with van der Waals surface area (Å²) in [6.45, 7) is 2.41. The Balaban J connectivity index is 2.10. The third kappa shape index (κ3) is 3.13. The highest BCUT2D eigenvalue weighted by molar-refractivity contribution is 9.10. The maximum atomic E-state index is 12.1. The first kappa shape index (κ1) is 14.0. The molecule has 6 heteroatoms. The Morgan fingerprint density at radius 3 is 2.79 bits per heavy atom. The largest absolute Gasteiger partial charge is 0.494 e. The second-order valence-corrected chi connectivity index (χ2v) is 5.89. The molecule has 0 fully saturated rings. The maximum Gasteiger partial charge on any atom is 0.265 e. The van der Waals surface area contributed by atoms with E-state index >= 15 is 0 Å². The molecule has 4 nitrogen and oxygen atoms in total. The molecule has 2 heterocycles. The normalized spacial score (nSPS) is 10.3. The van der Waals surface area contributed by atoms with Crippen LogP contribution in [-0.4, -0.2) is 18.0 Å². The van der Waals surface area contributed by atoms with Gasteiger partial charge >= 0.3 is 0 Å². The molecule has 0 saturated carbocycles. The summed E-state index contributed by atoms with van der Waals surface area (Å²) in [4.78, 5) is 17.7. The van der Waals surface area contributed by atoms with Crippen LogP contribution in [0.2, 0.25) is 0 Å². The molecule has 0 aromatic carbocycles. The van der Waals surface area contributed by atoms with Gasteiger partial charge in [0.25, 0.3) is 5.91 Å². The highest BCUT2D eigenvalue weighted by Crippen LogP contribution is 2.38. The number of halogens is 1. The number of hydrogen-bond donors (Lipinski definition) is 1. The van der Waals surface area contributed by atoms with Crippen molar-refractivity contribution in [3.05, 3.63) is 44.3 Å². The van der Waals surface area contributed by atoms with Crippen LogP contribution in [0.25, 0.3) is 0 Å². The Bertz CT molecular complexity index is 584. The second kappa shape index (κ2) is 6.16. The van der Waals surface area contributed by atoms with E-state index in [2.05, 4.69) is 26.2 Å². The molecule has 0 spiro atoms. The van der Waals surface area contributed by atoms with E-state index in [1.54, 1.807) is 19.5 Å². The van der Waals surface area contributed by atoms with Crippen molar-refractivity contribution < 1.29 is 9.53 Å². The number of carbonyl (C=O) groups excluding carboxylic acids is 1. The summed E-state index contributed by atoms with van der Waals surface area (Å²) in [5.41, 5.74) is 1.01. The van der Waals surface area contributed by atoms with Crippen LogP contribution in [0.3, 0.4) is 0 Å². The average Bonchev–Trinajstić information content (AvgIpc) is 2.73. The van der Waals surface area contributed by atoms with E-state index in [1.165, 1.54) is 11.3 Å². The Labute approximate surface area is 124 Å². The van der Waals surface area contributed by atoms with Crippen LogP contribution in [0.15, 0.2) is 29.0 Å².